The van der Waals surface area contributed by atoms with Crippen LogP contribution in [-0.2, 0) is 4.57 Å². The summed E-state index contributed by atoms with van der Waals surface area (Å²) >= 11 is 0. The van der Waals surface area contributed by atoms with Gasteiger partial charge in [0.1, 0.15) is 0 Å². The first-order valence-corrected chi connectivity index (χ1v) is 11.0. The van der Waals surface area contributed by atoms with Crippen molar-refractivity contribution >= 4 is 7.82 Å². The first-order chi connectivity index (χ1) is 11.7. The van der Waals surface area contributed by atoms with E-state index in [1.807, 2.05) is 7.05 Å². The molecule has 7 nitrogen and oxygen atoms in total. The molecular weight excluding hydrogens is 368 g/mol. The van der Waals surface area contributed by atoms with Gasteiger partial charge in [-0.1, -0.05) is 71.1 Å². The standard InChI is InChI=1S/C15H33NO.C2H6O.Na.H3O4P.H/c1-3-4-5-6-7-8-9-10-11-12-13-15(17)14-16-2;1-2-3;;1-5(2,3)4;/h15-17H,3-14H2,1-2H3;3H,2H2,1H3;;(H3,1,2,3,4);/q;;+1;;-1. The van der Waals surface area contributed by atoms with Gasteiger partial charge in [-0.05, 0) is 20.4 Å². The molecule has 0 heterocycles. The van der Waals surface area contributed by atoms with Crippen LogP contribution in [0.2, 0.25) is 0 Å². The molecule has 0 saturated carbocycles. The molecule has 0 aromatic carbocycles. The molecule has 0 aliphatic carbocycles. The molecule has 26 heavy (non-hydrogen) atoms. The largest absolute Gasteiger partial charge is 1.00 e. The van der Waals surface area contributed by atoms with Crippen LogP contribution in [0.25, 0.3) is 0 Å². The van der Waals surface area contributed by atoms with Gasteiger partial charge in [-0.2, -0.15) is 0 Å². The minimum Gasteiger partial charge on any atom is -1.00 e. The summed E-state index contributed by atoms with van der Waals surface area (Å²) in [6, 6.07) is 0. The third-order valence-electron chi connectivity index (χ3n) is 3.33. The van der Waals surface area contributed by atoms with Crippen molar-refractivity contribution in [3.63, 3.8) is 0 Å². The number of likely N-dealkylation sites (N-methyl/N-ethyl adjacent to an activating group) is 1. The van der Waals surface area contributed by atoms with Crippen molar-refractivity contribution in [1.29, 1.82) is 0 Å². The van der Waals surface area contributed by atoms with Crippen LogP contribution in [0.1, 0.15) is 85.9 Å². The summed E-state index contributed by atoms with van der Waals surface area (Å²) < 4.78 is 8.88. The summed E-state index contributed by atoms with van der Waals surface area (Å²) in [6.45, 7) is 4.93. The van der Waals surface area contributed by atoms with E-state index in [1.54, 1.807) is 6.92 Å². The smallest absolute Gasteiger partial charge is 1.00 e. The predicted octanol–water partition coefficient (Wildman–Crippen LogP) is 0.0642. The van der Waals surface area contributed by atoms with Gasteiger partial charge in [0, 0.05) is 13.2 Å². The summed E-state index contributed by atoms with van der Waals surface area (Å²) in [5, 5.41) is 20.1. The molecule has 0 amide bonds. The molecule has 1 atom stereocenters. The molecule has 0 aliphatic rings. The van der Waals surface area contributed by atoms with Gasteiger partial charge in [-0.15, -0.1) is 0 Å². The topological polar surface area (TPSA) is 130 Å². The van der Waals surface area contributed by atoms with Crippen molar-refractivity contribution in [3.8, 4) is 0 Å². The Kier molecular flexibility index (Phi) is 37.4. The second-order valence-corrected chi connectivity index (χ2v) is 7.04. The second kappa shape index (κ2) is 28.2. The zero-order valence-corrected chi connectivity index (χ0v) is 20.3. The first-order valence-electron chi connectivity index (χ1n) is 9.44. The molecule has 0 spiro atoms. The van der Waals surface area contributed by atoms with Crippen molar-refractivity contribution in [2.45, 2.75) is 90.6 Å². The number of aliphatic hydroxyl groups excluding tert-OH is 2. The van der Waals surface area contributed by atoms with Gasteiger partial charge >= 0.3 is 37.4 Å². The van der Waals surface area contributed by atoms with E-state index in [-0.39, 0.29) is 43.7 Å². The van der Waals surface area contributed by atoms with Gasteiger partial charge in [0.05, 0.1) is 6.10 Å². The monoisotopic (exact) mass is 411 g/mol. The van der Waals surface area contributed by atoms with Crippen molar-refractivity contribution in [1.82, 2.24) is 5.32 Å². The van der Waals surface area contributed by atoms with E-state index < -0.39 is 7.82 Å². The Balaban J connectivity index is -0.000000137. The number of hydrogen-bond donors (Lipinski definition) is 6. The number of aliphatic hydroxyl groups is 2. The summed E-state index contributed by atoms with van der Waals surface area (Å²) in [6.07, 6.45) is 14.4. The Hall–Kier alpha value is 0.990. The van der Waals surface area contributed by atoms with Gasteiger partial charge in [-0.3, -0.25) is 0 Å². The van der Waals surface area contributed by atoms with Gasteiger partial charge in [0.25, 0.3) is 0 Å². The van der Waals surface area contributed by atoms with Crippen LogP contribution >= 0.6 is 7.82 Å². The average Bonchev–Trinajstić information content (AvgIpc) is 2.48. The summed E-state index contributed by atoms with van der Waals surface area (Å²) in [5.74, 6) is 0. The summed E-state index contributed by atoms with van der Waals surface area (Å²) in [7, 11) is -2.75. The van der Waals surface area contributed by atoms with Crippen LogP contribution in [0.5, 0.6) is 0 Å². The number of rotatable bonds is 13. The normalized spacial score (nSPS) is 11.4. The van der Waals surface area contributed by atoms with Crippen LogP contribution in [0, 0.1) is 0 Å². The van der Waals surface area contributed by atoms with Gasteiger partial charge < -0.3 is 31.6 Å². The van der Waals surface area contributed by atoms with Crippen molar-refractivity contribution in [3.05, 3.63) is 0 Å². The number of hydrogen-bond acceptors (Lipinski definition) is 4. The van der Waals surface area contributed by atoms with E-state index in [2.05, 4.69) is 12.2 Å². The second-order valence-electron chi connectivity index (χ2n) is 6.01. The molecule has 0 bridgehead atoms. The van der Waals surface area contributed by atoms with Crippen LogP contribution < -0.4 is 34.9 Å². The molecule has 0 aromatic heterocycles. The van der Waals surface area contributed by atoms with Gasteiger partial charge in [-0.25, -0.2) is 4.57 Å². The number of phosphoric acid groups is 1. The minimum absolute atomic E-state index is 0. The molecule has 0 radical (unpaired) electrons. The Labute approximate surface area is 184 Å². The molecular formula is C17H43NNaO6P. The molecule has 0 saturated heterocycles. The molecule has 1 unspecified atom stereocenters. The Morgan fingerprint density at radius 3 is 1.50 bits per heavy atom. The van der Waals surface area contributed by atoms with E-state index in [4.69, 9.17) is 24.4 Å². The quantitative estimate of drug-likeness (QED) is 0.144. The van der Waals surface area contributed by atoms with Crippen molar-refractivity contribution in [2.24, 2.45) is 0 Å². The predicted molar refractivity (Wildman–Crippen MR) is 105 cm³/mol. The SMILES string of the molecule is CCCCCCCCCCCCC(O)CNC.CCO.O=P(O)(O)O.[H-].[Na+]. The number of nitrogens with one attached hydrogen (secondary N) is 1. The zero-order valence-electron chi connectivity index (χ0n) is 18.4. The van der Waals surface area contributed by atoms with Gasteiger partial charge in [0.2, 0.25) is 0 Å². The summed E-state index contributed by atoms with van der Waals surface area (Å²) in [5.41, 5.74) is 0. The van der Waals surface area contributed by atoms with Crippen molar-refractivity contribution < 1.29 is 60.4 Å². The molecule has 0 aromatic rings. The maximum Gasteiger partial charge on any atom is 1.00 e. The van der Waals surface area contributed by atoms with E-state index in [0.29, 0.717) is 0 Å². The first kappa shape index (κ1) is 34.5. The third-order valence-corrected chi connectivity index (χ3v) is 3.33. The maximum atomic E-state index is 9.51. The van der Waals surface area contributed by atoms with E-state index in [9.17, 15) is 5.11 Å². The average molecular weight is 411 g/mol. The molecule has 0 rings (SSSR count). The van der Waals surface area contributed by atoms with E-state index >= 15 is 0 Å². The fraction of sp³-hybridized carbons (Fsp3) is 1.00. The Bertz CT molecular complexity index is 280. The van der Waals surface area contributed by atoms with Crippen LogP contribution in [0.4, 0.5) is 0 Å². The summed E-state index contributed by atoms with van der Waals surface area (Å²) in [4.78, 5) is 21.6. The maximum absolute atomic E-state index is 9.51. The molecule has 158 valence electrons. The zero-order chi connectivity index (χ0) is 20.0. The Morgan fingerprint density at radius 2 is 1.19 bits per heavy atom. The fourth-order valence-electron chi connectivity index (χ4n) is 2.21. The van der Waals surface area contributed by atoms with Crippen LogP contribution in [-0.4, -0.2) is 51.2 Å². The molecule has 0 fully saturated rings. The fourth-order valence-corrected chi connectivity index (χ4v) is 2.21. The molecule has 9 heteroatoms. The minimum atomic E-state index is -4.64. The van der Waals surface area contributed by atoms with Crippen LogP contribution in [0.3, 0.4) is 0 Å². The molecule has 6 N–H and O–H groups in total. The molecule has 0 aliphatic heterocycles. The van der Waals surface area contributed by atoms with E-state index in [1.165, 1.54) is 64.2 Å². The van der Waals surface area contributed by atoms with E-state index in [0.717, 1.165) is 13.0 Å². The van der Waals surface area contributed by atoms with Crippen LogP contribution in [0.15, 0.2) is 0 Å². The number of unbranched alkanes of at least 4 members (excludes halogenated alkanes) is 9. The Morgan fingerprint density at radius 1 is 0.885 bits per heavy atom. The third kappa shape index (κ3) is 56.3. The van der Waals surface area contributed by atoms with Crippen molar-refractivity contribution in [2.75, 3.05) is 20.2 Å². The van der Waals surface area contributed by atoms with Gasteiger partial charge in [0.15, 0.2) is 0 Å².